The fourth-order valence-electron chi connectivity index (χ4n) is 2.38. The van der Waals surface area contributed by atoms with Gasteiger partial charge in [-0.05, 0) is 44.1 Å². The maximum absolute atomic E-state index is 5.25. The van der Waals surface area contributed by atoms with E-state index in [0.29, 0.717) is 6.04 Å². The third kappa shape index (κ3) is 6.04. The van der Waals surface area contributed by atoms with Crippen molar-refractivity contribution in [1.29, 1.82) is 0 Å². The van der Waals surface area contributed by atoms with Crippen LogP contribution in [0.4, 0.5) is 0 Å². The monoisotopic (exact) mass is 278 g/mol. The molecule has 3 heteroatoms. The van der Waals surface area contributed by atoms with Crippen LogP contribution in [0.5, 0.6) is 0 Å². The van der Waals surface area contributed by atoms with Gasteiger partial charge in [-0.15, -0.1) is 0 Å². The molecule has 1 unspecified atom stereocenters. The Morgan fingerprint density at radius 3 is 2.35 bits per heavy atom. The fourth-order valence-corrected chi connectivity index (χ4v) is 2.38. The summed E-state index contributed by atoms with van der Waals surface area (Å²) < 4.78 is 5.25. The van der Waals surface area contributed by atoms with Gasteiger partial charge in [-0.2, -0.15) is 0 Å². The lowest BCUT2D eigenvalue weighted by Crippen LogP contribution is -2.35. The molecular formula is C17H30N2O. The Morgan fingerprint density at radius 1 is 1.15 bits per heavy atom. The molecule has 0 heterocycles. The molecule has 1 N–H and O–H groups in total. The SMILES string of the molecule is CCNCCc1ccc(CN(CC)C(C)COC)cc1. The number of benzene rings is 1. The molecule has 0 bridgehead atoms. The average molecular weight is 278 g/mol. The number of nitrogens with zero attached hydrogens (tertiary/aromatic N) is 1. The minimum Gasteiger partial charge on any atom is -0.383 e. The zero-order valence-corrected chi connectivity index (χ0v) is 13.5. The van der Waals surface area contributed by atoms with E-state index in [-0.39, 0.29) is 0 Å². The summed E-state index contributed by atoms with van der Waals surface area (Å²) >= 11 is 0. The van der Waals surface area contributed by atoms with Crippen molar-refractivity contribution in [3.05, 3.63) is 35.4 Å². The zero-order chi connectivity index (χ0) is 14.8. The summed E-state index contributed by atoms with van der Waals surface area (Å²) in [5.74, 6) is 0. The summed E-state index contributed by atoms with van der Waals surface area (Å²) in [5.41, 5.74) is 2.78. The van der Waals surface area contributed by atoms with Crippen LogP contribution in [0.1, 0.15) is 31.9 Å². The Morgan fingerprint density at radius 2 is 1.80 bits per heavy atom. The van der Waals surface area contributed by atoms with E-state index in [4.69, 9.17) is 4.74 Å². The second-order valence-corrected chi connectivity index (χ2v) is 5.29. The first kappa shape index (κ1) is 17.2. The van der Waals surface area contributed by atoms with E-state index in [0.717, 1.165) is 39.2 Å². The largest absolute Gasteiger partial charge is 0.383 e. The van der Waals surface area contributed by atoms with Crippen molar-refractivity contribution in [2.24, 2.45) is 0 Å². The van der Waals surface area contributed by atoms with E-state index < -0.39 is 0 Å². The van der Waals surface area contributed by atoms with Gasteiger partial charge in [-0.25, -0.2) is 0 Å². The Bertz CT molecular complexity index is 351. The van der Waals surface area contributed by atoms with Gasteiger partial charge in [0.25, 0.3) is 0 Å². The predicted octanol–water partition coefficient (Wildman–Crippen LogP) is 2.70. The number of hydrogen-bond donors (Lipinski definition) is 1. The molecule has 0 aliphatic rings. The van der Waals surface area contributed by atoms with E-state index in [1.807, 2.05) is 0 Å². The molecule has 1 rings (SSSR count). The van der Waals surface area contributed by atoms with Crippen molar-refractivity contribution in [3.63, 3.8) is 0 Å². The maximum atomic E-state index is 5.25. The second-order valence-electron chi connectivity index (χ2n) is 5.29. The van der Waals surface area contributed by atoms with Crippen LogP contribution in [0.25, 0.3) is 0 Å². The Hall–Kier alpha value is -0.900. The van der Waals surface area contributed by atoms with Crippen LogP contribution in [-0.4, -0.2) is 44.3 Å². The van der Waals surface area contributed by atoms with Gasteiger partial charge in [0, 0.05) is 19.7 Å². The number of rotatable bonds is 10. The maximum Gasteiger partial charge on any atom is 0.0615 e. The molecule has 0 spiro atoms. The molecule has 0 fully saturated rings. The summed E-state index contributed by atoms with van der Waals surface area (Å²) in [6.45, 7) is 11.5. The molecule has 20 heavy (non-hydrogen) atoms. The van der Waals surface area contributed by atoms with Gasteiger partial charge in [0.2, 0.25) is 0 Å². The lowest BCUT2D eigenvalue weighted by atomic mass is 10.1. The summed E-state index contributed by atoms with van der Waals surface area (Å²) in [5, 5.41) is 3.36. The summed E-state index contributed by atoms with van der Waals surface area (Å²) in [4.78, 5) is 2.44. The first-order valence-electron chi connectivity index (χ1n) is 7.72. The molecule has 1 aromatic carbocycles. The molecule has 3 nitrogen and oxygen atoms in total. The van der Waals surface area contributed by atoms with Crippen LogP contribution in [0.2, 0.25) is 0 Å². The highest BCUT2D eigenvalue weighted by atomic mass is 16.5. The summed E-state index contributed by atoms with van der Waals surface area (Å²) in [6.07, 6.45) is 1.10. The van der Waals surface area contributed by atoms with Gasteiger partial charge in [-0.3, -0.25) is 4.90 Å². The molecule has 114 valence electrons. The molecule has 0 aliphatic carbocycles. The van der Waals surface area contributed by atoms with Crippen LogP contribution < -0.4 is 5.32 Å². The van der Waals surface area contributed by atoms with E-state index in [9.17, 15) is 0 Å². The van der Waals surface area contributed by atoms with Gasteiger partial charge < -0.3 is 10.1 Å². The minimum absolute atomic E-state index is 0.457. The molecule has 0 saturated heterocycles. The zero-order valence-electron chi connectivity index (χ0n) is 13.5. The van der Waals surface area contributed by atoms with Crippen LogP contribution >= 0.6 is 0 Å². The van der Waals surface area contributed by atoms with Crippen molar-refractivity contribution >= 4 is 0 Å². The van der Waals surface area contributed by atoms with Crippen molar-refractivity contribution in [2.75, 3.05) is 33.4 Å². The third-order valence-electron chi connectivity index (χ3n) is 3.69. The number of likely N-dealkylation sites (N-methyl/N-ethyl adjacent to an activating group) is 2. The molecule has 0 saturated carbocycles. The number of methoxy groups -OCH3 is 1. The van der Waals surface area contributed by atoms with Gasteiger partial charge in [-0.1, -0.05) is 38.1 Å². The minimum atomic E-state index is 0.457. The van der Waals surface area contributed by atoms with Gasteiger partial charge in [0.15, 0.2) is 0 Å². The van der Waals surface area contributed by atoms with Gasteiger partial charge in [0.05, 0.1) is 6.61 Å². The van der Waals surface area contributed by atoms with Crippen LogP contribution in [0.15, 0.2) is 24.3 Å². The van der Waals surface area contributed by atoms with Crippen molar-refractivity contribution in [2.45, 2.75) is 39.8 Å². The van der Waals surface area contributed by atoms with Crippen molar-refractivity contribution in [3.8, 4) is 0 Å². The first-order valence-corrected chi connectivity index (χ1v) is 7.72. The smallest absolute Gasteiger partial charge is 0.0615 e. The second kappa shape index (κ2) is 9.92. The third-order valence-corrected chi connectivity index (χ3v) is 3.69. The standard InChI is InChI=1S/C17H30N2O/c1-5-18-12-11-16-7-9-17(10-8-16)13-19(6-2)15(3)14-20-4/h7-10,15,18H,5-6,11-14H2,1-4H3. The Labute approximate surface area is 124 Å². The van der Waals surface area contributed by atoms with Crippen LogP contribution in [0.3, 0.4) is 0 Å². The number of hydrogen-bond acceptors (Lipinski definition) is 3. The molecule has 0 radical (unpaired) electrons. The van der Waals surface area contributed by atoms with E-state index in [1.54, 1.807) is 7.11 Å². The molecule has 1 aromatic rings. The lowest BCUT2D eigenvalue weighted by molar-refractivity contribution is 0.0982. The average Bonchev–Trinajstić information content (AvgIpc) is 2.46. The quantitative estimate of drug-likeness (QED) is 0.666. The first-order chi connectivity index (χ1) is 9.71. The lowest BCUT2D eigenvalue weighted by Gasteiger charge is -2.27. The Kier molecular flexibility index (Phi) is 8.51. The number of ether oxygens (including phenoxy) is 1. The van der Waals surface area contributed by atoms with Gasteiger partial charge >= 0.3 is 0 Å². The molecule has 1 atom stereocenters. The van der Waals surface area contributed by atoms with E-state index in [2.05, 4.69) is 55.3 Å². The summed E-state index contributed by atoms with van der Waals surface area (Å²) in [7, 11) is 1.77. The molecule has 0 amide bonds. The highest BCUT2D eigenvalue weighted by Gasteiger charge is 2.11. The predicted molar refractivity (Wildman–Crippen MR) is 86.1 cm³/mol. The molecule has 0 aromatic heterocycles. The van der Waals surface area contributed by atoms with E-state index in [1.165, 1.54) is 11.1 Å². The highest BCUT2D eigenvalue weighted by molar-refractivity contribution is 5.22. The highest BCUT2D eigenvalue weighted by Crippen LogP contribution is 2.10. The summed E-state index contributed by atoms with van der Waals surface area (Å²) in [6, 6.07) is 9.47. The number of nitrogens with one attached hydrogen (secondary N) is 1. The van der Waals surface area contributed by atoms with Crippen LogP contribution in [-0.2, 0) is 17.7 Å². The van der Waals surface area contributed by atoms with E-state index >= 15 is 0 Å². The fraction of sp³-hybridized carbons (Fsp3) is 0.647. The van der Waals surface area contributed by atoms with Crippen molar-refractivity contribution < 1.29 is 4.74 Å². The van der Waals surface area contributed by atoms with Gasteiger partial charge in [0.1, 0.15) is 0 Å². The molecular weight excluding hydrogens is 248 g/mol. The topological polar surface area (TPSA) is 24.5 Å². The molecule has 0 aliphatic heterocycles. The Balaban J connectivity index is 2.50. The van der Waals surface area contributed by atoms with Crippen molar-refractivity contribution in [1.82, 2.24) is 10.2 Å². The van der Waals surface area contributed by atoms with Crippen LogP contribution in [0, 0.1) is 0 Å². The normalized spacial score (nSPS) is 12.8.